The van der Waals surface area contributed by atoms with Crippen molar-refractivity contribution in [1.29, 1.82) is 5.26 Å². The third-order valence-electron chi connectivity index (χ3n) is 0.632. The molecule has 0 rings (SSSR count). The summed E-state index contributed by atoms with van der Waals surface area (Å²) in [6.07, 6.45) is 0. The van der Waals surface area contributed by atoms with E-state index < -0.39 is 0 Å². The van der Waals surface area contributed by atoms with E-state index in [9.17, 15) is 0 Å². The summed E-state index contributed by atoms with van der Waals surface area (Å²) in [6, 6.07) is 0. The van der Waals surface area contributed by atoms with Crippen LogP contribution in [0.4, 0.5) is 0 Å². The Morgan fingerprint density at radius 2 is 1.75 bits per heavy atom. The first-order valence-electron chi connectivity index (χ1n) is 2.64. The fourth-order valence-electron chi connectivity index (χ4n) is 0. The lowest BCUT2D eigenvalue weighted by Crippen LogP contribution is -2.08. The van der Waals surface area contributed by atoms with Crippen molar-refractivity contribution in [2.75, 3.05) is 20.6 Å². The van der Waals surface area contributed by atoms with Crippen molar-refractivity contribution in [3.8, 4) is 5.97 Å². The maximum atomic E-state index is 7.32. The van der Waals surface area contributed by atoms with Gasteiger partial charge in [0, 0.05) is 0 Å². The van der Waals surface area contributed by atoms with Gasteiger partial charge in [0.2, 0.25) is 7.85 Å². The molecule has 0 aromatic carbocycles. The van der Waals surface area contributed by atoms with Crippen molar-refractivity contribution >= 4 is 7.85 Å². The summed E-state index contributed by atoms with van der Waals surface area (Å²) >= 11 is 0. The van der Waals surface area contributed by atoms with E-state index in [4.69, 9.17) is 5.26 Å². The van der Waals surface area contributed by atoms with Gasteiger partial charge in [0.15, 0.2) is 0 Å². The van der Waals surface area contributed by atoms with Gasteiger partial charge in [-0.1, -0.05) is 6.92 Å². The Labute approximate surface area is 52.5 Å². The predicted octanol–water partition coefficient (Wildman–Crippen LogP) is -0.332. The van der Waals surface area contributed by atoms with Gasteiger partial charge in [-0.15, -0.1) is 0 Å². The van der Waals surface area contributed by atoms with E-state index in [0.29, 0.717) is 0 Å². The van der Waals surface area contributed by atoms with Crippen LogP contribution >= 0.6 is 0 Å². The van der Waals surface area contributed by atoms with E-state index in [0.717, 1.165) is 6.54 Å². The molecule has 0 aliphatic heterocycles. The highest BCUT2D eigenvalue weighted by Crippen LogP contribution is 1.63. The third kappa shape index (κ3) is 49.0. The average molecular weight is 112 g/mol. The van der Waals surface area contributed by atoms with Crippen molar-refractivity contribution in [2.24, 2.45) is 0 Å². The maximum Gasteiger partial charge on any atom is 0.232 e. The van der Waals surface area contributed by atoms with Gasteiger partial charge in [0.05, 0.1) is 0 Å². The topological polar surface area (TPSA) is 27.0 Å². The molecule has 0 spiro atoms. The number of nitrogens with zero attached hydrogens (tertiary/aromatic N) is 2. The summed E-state index contributed by atoms with van der Waals surface area (Å²) in [7, 11) is 5.54. The van der Waals surface area contributed by atoms with Crippen molar-refractivity contribution in [2.45, 2.75) is 6.92 Å². The Kier molecular flexibility index (Phi) is 12.7. The van der Waals surface area contributed by atoms with E-state index in [1.54, 1.807) is 5.97 Å². The molecule has 3 heteroatoms. The van der Waals surface area contributed by atoms with E-state index in [1.807, 2.05) is 0 Å². The summed E-state index contributed by atoms with van der Waals surface area (Å²) < 4.78 is 0. The Morgan fingerprint density at radius 3 is 1.75 bits per heavy atom. The second kappa shape index (κ2) is 9.72. The smallest absolute Gasteiger partial charge is 0.232 e. The summed E-state index contributed by atoms with van der Waals surface area (Å²) in [5.74, 6) is 1.75. The second-order valence-electron chi connectivity index (χ2n) is 1.62. The van der Waals surface area contributed by atoms with Gasteiger partial charge in [0.1, 0.15) is 0 Å². The summed E-state index contributed by atoms with van der Waals surface area (Å²) in [4.78, 5) is 2.12. The lowest BCUT2D eigenvalue weighted by molar-refractivity contribution is 0.434. The Hall–Kier alpha value is -0.485. The SMILES string of the molecule is BC#N.CCN(C)C. The number of rotatable bonds is 1. The molecule has 46 valence electrons. The van der Waals surface area contributed by atoms with Crippen LogP contribution in [0.2, 0.25) is 0 Å². The zero-order chi connectivity index (χ0) is 6.99. The highest BCUT2D eigenvalue weighted by molar-refractivity contribution is 6.20. The molecule has 0 saturated heterocycles. The van der Waals surface area contributed by atoms with Gasteiger partial charge < -0.3 is 4.90 Å². The molecule has 0 unspecified atom stereocenters. The van der Waals surface area contributed by atoms with E-state index in [-0.39, 0.29) is 0 Å². The van der Waals surface area contributed by atoms with Gasteiger partial charge >= 0.3 is 0 Å². The van der Waals surface area contributed by atoms with Crippen molar-refractivity contribution in [1.82, 2.24) is 4.90 Å². The van der Waals surface area contributed by atoms with Crippen LogP contribution in [0, 0.1) is 11.2 Å². The van der Waals surface area contributed by atoms with Crippen LogP contribution in [0.5, 0.6) is 0 Å². The summed E-state index contributed by atoms with van der Waals surface area (Å²) in [5, 5.41) is 7.32. The monoisotopic (exact) mass is 112 g/mol. The minimum Gasteiger partial charge on any atom is -0.310 e. The van der Waals surface area contributed by atoms with Gasteiger partial charge in [0.25, 0.3) is 0 Å². The maximum absolute atomic E-state index is 7.32. The highest BCUT2D eigenvalue weighted by atomic mass is 15.0. The first kappa shape index (κ1) is 10.5. The van der Waals surface area contributed by atoms with Gasteiger partial charge in [-0.05, 0) is 26.6 Å². The zero-order valence-corrected chi connectivity index (χ0v) is 6.10. The van der Waals surface area contributed by atoms with Crippen molar-refractivity contribution < 1.29 is 0 Å². The first-order chi connectivity index (χ1) is 3.68. The van der Waals surface area contributed by atoms with E-state index in [1.165, 1.54) is 7.85 Å². The summed E-state index contributed by atoms with van der Waals surface area (Å²) in [5.41, 5.74) is 0. The molecule has 0 aromatic heterocycles. The van der Waals surface area contributed by atoms with E-state index >= 15 is 0 Å². The number of nitriles is 1. The summed E-state index contributed by atoms with van der Waals surface area (Å²) in [6.45, 7) is 3.26. The molecule has 0 saturated carbocycles. The van der Waals surface area contributed by atoms with Crippen LogP contribution < -0.4 is 0 Å². The zero-order valence-electron chi connectivity index (χ0n) is 6.10. The molecular weight excluding hydrogens is 98.9 g/mol. The molecule has 8 heavy (non-hydrogen) atoms. The highest BCUT2D eigenvalue weighted by Gasteiger charge is 1.72. The van der Waals surface area contributed by atoms with Gasteiger partial charge in [-0.3, -0.25) is 0 Å². The molecule has 2 nitrogen and oxygen atoms in total. The lowest BCUT2D eigenvalue weighted by Gasteiger charge is -2.00. The minimum atomic E-state index is 1.14. The van der Waals surface area contributed by atoms with Crippen LogP contribution in [0.3, 0.4) is 0 Å². The Bertz CT molecular complexity index is 65.3. The van der Waals surface area contributed by atoms with Crippen molar-refractivity contribution in [3.63, 3.8) is 0 Å². The Balaban J connectivity index is 0. The molecule has 0 amide bonds. The molecule has 0 aliphatic rings. The lowest BCUT2D eigenvalue weighted by atomic mass is 10.2. The molecule has 0 fully saturated rings. The largest absolute Gasteiger partial charge is 0.310 e. The molecule has 0 N–H and O–H groups in total. The second-order valence-corrected chi connectivity index (χ2v) is 1.62. The molecule has 0 atom stereocenters. The third-order valence-corrected chi connectivity index (χ3v) is 0.632. The number of hydrogen-bond donors (Lipinski definition) is 0. The van der Waals surface area contributed by atoms with Crippen LogP contribution in [0.15, 0.2) is 0 Å². The van der Waals surface area contributed by atoms with Gasteiger partial charge in [-0.2, -0.15) is 0 Å². The molecule has 0 heterocycles. The fourth-order valence-corrected chi connectivity index (χ4v) is 0. The standard InChI is InChI=1S/C4H11N.CH2BN/c1-4-5(2)3;2-1-3/h4H2,1-3H3;2H2. The molecule has 0 aromatic rings. The van der Waals surface area contributed by atoms with Gasteiger partial charge in [-0.25, -0.2) is 5.26 Å². The van der Waals surface area contributed by atoms with Crippen LogP contribution in [-0.4, -0.2) is 33.4 Å². The van der Waals surface area contributed by atoms with Crippen molar-refractivity contribution in [3.05, 3.63) is 0 Å². The predicted molar refractivity (Wildman–Crippen MR) is 38.4 cm³/mol. The van der Waals surface area contributed by atoms with Crippen LogP contribution in [0.25, 0.3) is 0 Å². The average Bonchev–Trinajstić information content (AvgIpc) is 1.69. The molecular formula is C5H13BN2. The van der Waals surface area contributed by atoms with E-state index in [2.05, 4.69) is 25.9 Å². The van der Waals surface area contributed by atoms with Crippen LogP contribution in [0.1, 0.15) is 6.92 Å². The molecule has 0 bridgehead atoms. The fraction of sp³-hybridized carbons (Fsp3) is 0.800. The van der Waals surface area contributed by atoms with Crippen LogP contribution in [-0.2, 0) is 0 Å². The molecule has 0 aliphatic carbocycles. The Morgan fingerprint density at radius 1 is 1.62 bits per heavy atom. The quantitative estimate of drug-likeness (QED) is 0.434. The normalized spacial score (nSPS) is 6.88. The first-order valence-corrected chi connectivity index (χ1v) is 2.64. The minimum absolute atomic E-state index is 1.14. The molecule has 0 radical (unpaired) electrons. The number of hydrogen-bond acceptors (Lipinski definition) is 2.